The van der Waals surface area contributed by atoms with Gasteiger partial charge in [0.05, 0.1) is 7.11 Å². The molecule has 0 heterocycles. The third-order valence-electron chi connectivity index (χ3n) is 1.86. The Bertz CT molecular complexity index is 355. The van der Waals surface area contributed by atoms with Gasteiger partial charge in [-0.25, -0.2) is 0 Å². The maximum absolute atomic E-state index is 8.43. The van der Waals surface area contributed by atoms with Crippen LogP contribution >= 0.6 is 0 Å². The predicted octanol–water partition coefficient (Wildman–Crippen LogP) is 1.40. The molecule has 4 heteroatoms. The summed E-state index contributed by atoms with van der Waals surface area (Å²) in [4.78, 5) is 0. The summed E-state index contributed by atoms with van der Waals surface area (Å²) in [5.74, 6) is 0.663. The first-order valence-corrected chi connectivity index (χ1v) is 4.00. The standard InChI is InChI=1S/C10H12N2O2/c1-7(14-2)8-3-5-9(6-4-8)10(11)12-13/h3-6,13H,1H2,2H3,(H2,11,12). The zero-order chi connectivity index (χ0) is 10.6. The zero-order valence-corrected chi connectivity index (χ0v) is 7.90. The van der Waals surface area contributed by atoms with E-state index in [0.717, 1.165) is 5.56 Å². The number of hydrogen-bond donors (Lipinski definition) is 2. The topological polar surface area (TPSA) is 67.8 Å². The van der Waals surface area contributed by atoms with Gasteiger partial charge >= 0.3 is 0 Å². The van der Waals surface area contributed by atoms with Crippen LogP contribution in [-0.4, -0.2) is 18.2 Å². The molecule has 1 aromatic carbocycles. The van der Waals surface area contributed by atoms with Crippen LogP contribution in [0.25, 0.3) is 5.76 Å². The van der Waals surface area contributed by atoms with Gasteiger partial charge in [0.25, 0.3) is 0 Å². The minimum Gasteiger partial charge on any atom is -0.497 e. The summed E-state index contributed by atoms with van der Waals surface area (Å²) in [5.41, 5.74) is 6.92. The number of amidine groups is 1. The second kappa shape index (κ2) is 4.32. The third kappa shape index (κ3) is 2.04. The van der Waals surface area contributed by atoms with Gasteiger partial charge in [0.1, 0.15) is 5.76 Å². The van der Waals surface area contributed by atoms with Crippen molar-refractivity contribution in [3.63, 3.8) is 0 Å². The van der Waals surface area contributed by atoms with E-state index in [-0.39, 0.29) is 5.84 Å². The van der Waals surface area contributed by atoms with Gasteiger partial charge in [-0.05, 0) is 0 Å². The average molecular weight is 192 g/mol. The second-order valence-electron chi connectivity index (χ2n) is 2.69. The molecule has 0 bridgehead atoms. The van der Waals surface area contributed by atoms with Gasteiger partial charge in [-0.1, -0.05) is 36.0 Å². The lowest BCUT2D eigenvalue weighted by Gasteiger charge is -2.04. The van der Waals surface area contributed by atoms with E-state index in [9.17, 15) is 0 Å². The molecule has 14 heavy (non-hydrogen) atoms. The Balaban J connectivity index is 2.95. The molecule has 0 atom stereocenters. The molecule has 0 fully saturated rings. The number of ether oxygens (including phenoxy) is 1. The Morgan fingerprint density at radius 2 is 1.86 bits per heavy atom. The van der Waals surface area contributed by atoms with Gasteiger partial charge in [-0.2, -0.15) is 0 Å². The molecule has 0 unspecified atom stereocenters. The summed E-state index contributed by atoms with van der Waals surface area (Å²) in [5, 5.41) is 11.3. The van der Waals surface area contributed by atoms with Crippen LogP contribution in [0.5, 0.6) is 0 Å². The molecule has 0 amide bonds. The quantitative estimate of drug-likeness (QED) is 0.250. The predicted molar refractivity (Wildman–Crippen MR) is 55.0 cm³/mol. The van der Waals surface area contributed by atoms with Gasteiger partial charge in [-0.15, -0.1) is 0 Å². The summed E-state index contributed by atoms with van der Waals surface area (Å²) < 4.78 is 4.96. The van der Waals surface area contributed by atoms with Crippen molar-refractivity contribution in [1.29, 1.82) is 0 Å². The lowest BCUT2D eigenvalue weighted by Crippen LogP contribution is -2.12. The Hall–Kier alpha value is -1.97. The summed E-state index contributed by atoms with van der Waals surface area (Å²) in [6, 6.07) is 7.04. The monoisotopic (exact) mass is 192 g/mol. The molecule has 1 rings (SSSR count). The van der Waals surface area contributed by atoms with Crippen molar-refractivity contribution in [3.05, 3.63) is 42.0 Å². The van der Waals surface area contributed by atoms with E-state index in [0.29, 0.717) is 11.3 Å². The number of methoxy groups -OCH3 is 1. The molecule has 0 aromatic heterocycles. The fourth-order valence-corrected chi connectivity index (χ4v) is 1.00. The number of rotatable bonds is 3. The Morgan fingerprint density at radius 3 is 2.29 bits per heavy atom. The summed E-state index contributed by atoms with van der Waals surface area (Å²) in [6.07, 6.45) is 0. The minimum absolute atomic E-state index is 0.0829. The first kappa shape index (κ1) is 10.1. The largest absolute Gasteiger partial charge is 0.497 e. The van der Waals surface area contributed by atoms with Crippen LogP contribution in [0.4, 0.5) is 0 Å². The number of oxime groups is 1. The van der Waals surface area contributed by atoms with Crippen molar-refractivity contribution >= 4 is 11.6 Å². The molecule has 0 aliphatic heterocycles. The first-order valence-electron chi connectivity index (χ1n) is 4.00. The van der Waals surface area contributed by atoms with Crippen LogP contribution in [0.15, 0.2) is 36.0 Å². The van der Waals surface area contributed by atoms with Gasteiger partial charge in [0, 0.05) is 11.1 Å². The lowest BCUT2D eigenvalue weighted by atomic mass is 10.1. The van der Waals surface area contributed by atoms with Gasteiger partial charge in [0.2, 0.25) is 0 Å². The summed E-state index contributed by atoms with van der Waals surface area (Å²) >= 11 is 0. The van der Waals surface area contributed by atoms with Crippen molar-refractivity contribution in [1.82, 2.24) is 0 Å². The molecule has 3 N–H and O–H groups in total. The van der Waals surface area contributed by atoms with Crippen molar-refractivity contribution < 1.29 is 9.94 Å². The van der Waals surface area contributed by atoms with Crippen LogP contribution in [0.2, 0.25) is 0 Å². The van der Waals surface area contributed by atoms with E-state index >= 15 is 0 Å². The normalized spacial score (nSPS) is 11.1. The summed E-state index contributed by atoms with van der Waals surface area (Å²) in [7, 11) is 1.56. The highest BCUT2D eigenvalue weighted by molar-refractivity contribution is 5.97. The smallest absolute Gasteiger partial charge is 0.170 e. The first-order chi connectivity index (χ1) is 6.69. The molecule has 74 valence electrons. The van der Waals surface area contributed by atoms with Crippen LogP contribution < -0.4 is 5.73 Å². The minimum atomic E-state index is 0.0829. The molecule has 0 saturated carbocycles. The molecule has 0 aliphatic rings. The highest BCUT2D eigenvalue weighted by Gasteiger charge is 2.01. The van der Waals surface area contributed by atoms with Crippen molar-refractivity contribution in [2.75, 3.05) is 7.11 Å². The van der Waals surface area contributed by atoms with Crippen LogP contribution in [0.1, 0.15) is 11.1 Å². The molecule has 0 radical (unpaired) electrons. The molecule has 4 nitrogen and oxygen atoms in total. The zero-order valence-electron chi connectivity index (χ0n) is 7.90. The highest BCUT2D eigenvalue weighted by Crippen LogP contribution is 2.13. The van der Waals surface area contributed by atoms with E-state index in [1.54, 1.807) is 31.4 Å². The van der Waals surface area contributed by atoms with Gasteiger partial charge < -0.3 is 15.7 Å². The highest BCUT2D eigenvalue weighted by atomic mass is 16.5. The van der Waals surface area contributed by atoms with E-state index in [4.69, 9.17) is 15.7 Å². The van der Waals surface area contributed by atoms with E-state index < -0.39 is 0 Å². The number of hydrogen-bond acceptors (Lipinski definition) is 3. The van der Waals surface area contributed by atoms with E-state index in [1.807, 2.05) is 0 Å². The molecular formula is C10H12N2O2. The van der Waals surface area contributed by atoms with Crippen molar-refractivity contribution in [2.45, 2.75) is 0 Å². The average Bonchev–Trinajstić information content (AvgIpc) is 2.27. The van der Waals surface area contributed by atoms with Crippen molar-refractivity contribution in [3.8, 4) is 0 Å². The molecule has 0 spiro atoms. The summed E-state index contributed by atoms with van der Waals surface area (Å²) in [6.45, 7) is 3.71. The Kier molecular flexibility index (Phi) is 3.12. The maximum atomic E-state index is 8.43. The lowest BCUT2D eigenvalue weighted by molar-refractivity contribution is 0.318. The van der Waals surface area contributed by atoms with E-state index in [1.165, 1.54) is 0 Å². The SMILES string of the molecule is C=C(OC)c1ccc(/C(N)=N/O)cc1. The van der Waals surface area contributed by atoms with Gasteiger partial charge in [0.15, 0.2) is 5.84 Å². The third-order valence-corrected chi connectivity index (χ3v) is 1.86. The molecule has 0 saturated heterocycles. The van der Waals surface area contributed by atoms with Gasteiger partial charge in [-0.3, -0.25) is 0 Å². The number of nitrogens with two attached hydrogens (primary N) is 1. The second-order valence-corrected chi connectivity index (χ2v) is 2.69. The maximum Gasteiger partial charge on any atom is 0.170 e. The number of benzene rings is 1. The van der Waals surface area contributed by atoms with Crippen LogP contribution in [0.3, 0.4) is 0 Å². The van der Waals surface area contributed by atoms with Crippen LogP contribution in [0, 0.1) is 0 Å². The van der Waals surface area contributed by atoms with E-state index in [2.05, 4.69) is 11.7 Å². The van der Waals surface area contributed by atoms with Crippen LogP contribution in [-0.2, 0) is 4.74 Å². The fourth-order valence-electron chi connectivity index (χ4n) is 1.00. The molecule has 1 aromatic rings. The number of nitrogens with zero attached hydrogens (tertiary/aromatic N) is 1. The molecule has 0 aliphatic carbocycles. The molecular weight excluding hydrogens is 180 g/mol. The fraction of sp³-hybridized carbons (Fsp3) is 0.100. The van der Waals surface area contributed by atoms with Crippen molar-refractivity contribution in [2.24, 2.45) is 10.9 Å². The Morgan fingerprint density at radius 1 is 1.36 bits per heavy atom. The Labute approximate surface area is 82.3 Å².